The molecule has 3 nitrogen and oxygen atoms in total. The largest absolute Gasteiger partial charge is 0.266 e. The van der Waals surface area contributed by atoms with Gasteiger partial charge in [0.05, 0.1) is 11.1 Å². The molecule has 0 amide bonds. The normalized spacial score (nSPS) is 10.6. The van der Waals surface area contributed by atoms with Gasteiger partial charge in [0.25, 0.3) is 10.0 Å². The highest BCUT2D eigenvalue weighted by Gasteiger charge is 2.20. The van der Waals surface area contributed by atoms with Crippen molar-refractivity contribution in [1.82, 2.24) is 4.31 Å². The van der Waals surface area contributed by atoms with Gasteiger partial charge in [0.15, 0.2) is 0 Å². The van der Waals surface area contributed by atoms with Gasteiger partial charge in [-0.05, 0) is 51.3 Å². The summed E-state index contributed by atoms with van der Waals surface area (Å²) in [6.45, 7) is 9.79. The van der Waals surface area contributed by atoms with E-state index in [0.717, 1.165) is 24.0 Å². The fourth-order valence-electron chi connectivity index (χ4n) is 1.69. The Labute approximate surface area is 128 Å². The van der Waals surface area contributed by atoms with Crippen molar-refractivity contribution in [3.63, 3.8) is 0 Å². The molecule has 1 aromatic rings. The quantitative estimate of drug-likeness (QED) is 0.433. The second kappa shape index (κ2) is 7.87. The number of aryl methyl sites for hydroxylation is 1. The van der Waals surface area contributed by atoms with E-state index < -0.39 is 10.0 Å². The minimum Gasteiger partial charge on any atom is -0.266 e. The third kappa shape index (κ3) is 5.25. The summed E-state index contributed by atoms with van der Waals surface area (Å²) in [6, 6.07) is 6.89. The molecular formula is C17H23NO2S. The van der Waals surface area contributed by atoms with E-state index in [1.807, 2.05) is 20.8 Å². The number of rotatable bonds is 7. The number of unbranched alkanes of at least 4 members (excludes halogenated alkanes) is 1. The summed E-state index contributed by atoms with van der Waals surface area (Å²) in [5.41, 5.74) is 4.94. The summed E-state index contributed by atoms with van der Waals surface area (Å²) < 4.78 is 26.7. The Morgan fingerprint density at radius 1 is 1.29 bits per heavy atom. The van der Waals surface area contributed by atoms with Gasteiger partial charge in [0.2, 0.25) is 0 Å². The molecule has 0 aliphatic heterocycles. The maximum atomic E-state index is 12.7. The molecule has 0 spiro atoms. The minimum absolute atomic E-state index is 0.304. The first-order valence-corrected chi connectivity index (χ1v) is 8.41. The second-order valence-electron chi connectivity index (χ2n) is 5.13. The van der Waals surface area contributed by atoms with Gasteiger partial charge in [-0.25, -0.2) is 8.42 Å². The van der Waals surface area contributed by atoms with Crippen molar-refractivity contribution < 1.29 is 8.42 Å². The van der Waals surface area contributed by atoms with Crippen LogP contribution in [0, 0.1) is 6.92 Å². The van der Waals surface area contributed by atoms with Crippen molar-refractivity contribution in [3.8, 4) is 0 Å². The molecule has 0 N–H and O–H groups in total. The molecule has 0 radical (unpaired) electrons. The van der Waals surface area contributed by atoms with E-state index in [2.05, 4.69) is 12.3 Å². The van der Waals surface area contributed by atoms with Gasteiger partial charge in [-0.15, -0.1) is 12.3 Å². The summed E-state index contributed by atoms with van der Waals surface area (Å²) in [5, 5.41) is 0. The molecule has 0 atom stereocenters. The van der Waals surface area contributed by atoms with E-state index in [9.17, 15) is 8.42 Å². The predicted octanol–water partition coefficient (Wildman–Crippen LogP) is 4.03. The van der Waals surface area contributed by atoms with Gasteiger partial charge in [-0.3, -0.25) is 4.31 Å². The van der Waals surface area contributed by atoms with Crippen molar-refractivity contribution in [2.45, 2.75) is 38.5 Å². The molecule has 1 aromatic carbocycles. The average molecular weight is 305 g/mol. The zero-order valence-electron chi connectivity index (χ0n) is 13.0. The lowest BCUT2D eigenvalue weighted by Crippen LogP contribution is -2.27. The highest BCUT2D eigenvalue weighted by Crippen LogP contribution is 2.17. The van der Waals surface area contributed by atoms with Crippen LogP contribution < -0.4 is 0 Å². The average Bonchev–Trinajstić information content (AvgIpc) is 2.42. The minimum atomic E-state index is -3.53. The van der Waals surface area contributed by atoms with E-state index in [1.165, 1.54) is 10.5 Å². The Morgan fingerprint density at radius 2 is 1.90 bits per heavy atom. The van der Waals surface area contributed by atoms with E-state index in [1.54, 1.807) is 30.3 Å². The fraction of sp³-hybridized carbons (Fsp3) is 0.353. The lowest BCUT2D eigenvalue weighted by molar-refractivity contribution is 0.490. The Kier molecular flexibility index (Phi) is 6.47. The number of benzene rings is 1. The van der Waals surface area contributed by atoms with E-state index in [0.29, 0.717) is 11.4 Å². The van der Waals surface area contributed by atoms with E-state index >= 15 is 0 Å². The molecule has 0 bridgehead atoms. The van der Waals surface area contributed by atoms with Crippen LogP contribution in [0.4, 0.5) is 0 Å². The third-order valence-corrected chi connectivity index (χ3v) is 4.68. The van der Waals surface area contributed by atoms with Crippen molar-refractivity contribution in [3.05, 3.63) is 60.0 Å². The van der Waals surface area contributed by atoms with E-state index in [4.69, 9.17) is 0 Å². The molecule has 0 saturated carbocycles. The summed E-state index contributed by atoms with van der Waals surface area (Å²) in [6.07, 6.45) is 4.83. The standard InChI is InChI=1S/C17H23NO2S/c1-5-6-7-13-18(14-12-15(2)3)21(19,20)17-10-8-16(4)9-11-17/h5,8-11,14H,1,6-7,13H2,2-4H3. The van der Waals surface area contributed by atoms with Crippen LogP contribution in [-0.2, 0) is 10.0 Å². The molecule has 0 fully saturated rings. The Bertz CT molecular complexity index is 632. The van der Waals surface area contributed by atoms with Crippen molar-refractivity contribution >= 4 is 10.0 Å². The molecule has 0 aliphatic carbocycles. The lowest BCUT2D eigenvalue weighted by Gasteiger charge is -2.19. The van der Waals surface area contributed by atoms with Crippen LogP contribution in [-0.4, -0.2) is 19.3 Å². The summed E-state index contributed by atoms with van der Waals surface area (Å²) in [5.74, 6) is 0. The summed E-state index contributed by atoms with van der Waals surface area (Å²) >= 11 is 0. The molecule has 21 heavy (non-hydrogen) atoms. The Morgan fingerprint density at radius 3 is 2.43 bits per heavy atom. The van der Waals surface area contributed by atoms with Gasteiger partial charge < -0.3 is 0 Å². The van der Waals surface area contributed by atoms with Crippen molar-refractivity contribution in [2.75, 3.05) is 6.54 Å². The van der Waals surface area contributed by atoms with Crippen LogP contribution in [0.15, 0.2) is 59.3 Å². The highest BCUT2D eigenvalue weighted by molar-refractivity contribution is 7.89. The molecule has 4 heteroatoms. The zero-order chi connectivity index (χ0) is 15.9. The Hall–Kier alpha value is -1.77. The number of hydrogen-bond acceptors (Lipinski definition) is 2. The number of allylic oxidation sites excluding steroid dienone is 2. The molecule has 1 rings (SSSR count). The van der Waals surface area contributed by atoms with Crippen LogP contribution >= 0.6 is 0 Å². The first kappa shape index (κ1) is 17.3. The van der Waals surface area contributed by atoms with Gasteiger partial charge in [-0.1, -0.05) is 23.8 Å². The van der Waals surface area contributed by atoms with Gasteiger partial charge >= 0.3 is 0 Å². The Balaban J connectivity index is 3.12. The van der Waals surface area contributed by atoms with E-state index in [-0.39, 0.29) is 0 Å². The maximum Gasteiger partial charge on any atom is 0.264 e. The predicted molar refractivity (Wildman–Crippen MR) is 87.4 cm³/mol. The topological polar surface area (TPSA) is 37.4 Å². The highest BCUT2D eigenvalue weighted by atomic mass is 32.2. The molecule has 0 heterocycles. The monoisotopic (exact) mass is 305 g/mol. The van der Waals surface area contributed by atoms with Gasteiger partial charge in [0.1, 0.15) is 0 Å². The van der Waals surface area contributed by atoms with Crippen LogP contribution in [0.5, 0.6) is 0 Å². The lowest BCUT2D eigenvalue weighted by atomic mass is 10.2. The van der Waals surface area contributed by atoms with Gasteiger partial charge in [0, 0.05) is 6.54 Å². The van der Waals surface area contributed by atoms with Crippen LogP contribution in [0.2, 0.25) is 0 Å². The number of sulfonamides is 1. The van der Waals surface area contributed by atoms with Gasteiger partial charge in [-0.2, -0.15) is 0 Å². The summed E-state index contributed by atoms with van der Waals surface area (Å²) in [7, 11) is -3.53. The smallest absolute Gasteiger partial charge is 0.264 e. The molecule has 0 saturated heterocycles. The molecular weight excluding hydrogens is 282 g/mol. The zero-order valence-corrected chi connectivity index (χ0v) is 13.8. The van der Waals surface area contributed by atoms with Crippen LogP contribution in [0.25, 0.3) is 0 Å². The van der Waals surface area contributed by atoms with Crippen molar-refractivity contribution in [2.24, 2.45) is 0 Å². The number of hydrogen-bond donors (Lipinski definition) is 0. The molecule has 0 aliphatic rings. The first-order valence-electron chi connectivity index (χ1n) is 6.97. The summed E-state index contributed by atoms with van der Waals surface area (Å²) in [4.78, 5) is 0.304. The maximum absolute atomic E-state index is 12.7. The number of nitrogens with zero attached hydrogens (tertiary/aromatic N) is 1. The third-order valence-electron chi connectivity index (χ3n) is 2.91. The van der Waals surface area contributed by atoms with Crippen LogP contribution in [0.1, 0.15) is 32.3 Å². The molecule has 0 unspecified atom stereocenters. The SMILES string of the molecule is C=CCCCN(C=C=C(C)C)S(=O)(=O)c1ccc(C)cc1. The first-order chi connectivity index (χ1) is 9.87. The fourth-order valence-corrected chi connectivity index (χ4v) is 3.00. The molecule has 114 valence electrons. The van der Waals surface area contributed by atoms with Crippen LogP contribution in [0.3, 0.4) is 0 Å². The second-order valence-corrected chi connectivity index (χ2v) is 7.02. The van der Waals surface area contributed by atoms with Crippen molar-refractivity contribution in [1.29, 1.82) is 0 Å². The molecule has 0 aromatic heterocycles.